The van der Waals surface area contributed by atoms with Gasteiger partial charge in [-0.05, 0) is 19.1 Å². The molecule has 1 heterocycles. The second kappa shape index (κ2) is 9.99. The van der Waals surface area contributed by atoms with Gasteiger partial charge in [-0.1, -0.05) is 52.7 Å². The molecular formula is C15H15Cl2NO3S3. The number of hydrogen-bond acceptors (Lipinski definition) is 6. The van der Waals surface area contributed by atoms with Crippen molar-refractivity contribution in [2.45, 2.75) is 11.8 Å². The van der Waals surface area contributed by atoms with Gasteiger partial charge in [0, 0.05) is 16.4 Å². The lowest BCUT2D eigenvalue weighted by atomic mass is 10.2. The van der Waals surface area contributed by atoms with Gasteiger partial charge in [0.1, 0.15) is 9.27 Å². The van der Waals surface area contributed by atoms with Crippen LogP contribution in [0.15, 0.2) is 48.5 Å². The van der Waals surface area contributed by atoms with Crippen LogP contribution in [0.2, 0.25) is 0 Å². The molecule has 0 aromatic heterocycles. The molecule has 0 radical (unpaired) electrons. The second-order valence-electron chi connectivity index (χ2n) is 4.71. The maximum absolute atomic E-state index is 11.6. The molecule has 0 fully saturated rings. The monoisotopic (exact) mass is 423 g/mol. The summed E-state index contributed by atoms with van der Waals surface area (Å²) >= 11 is 16.3. The van der Waals surface area contributed by atoms with Gasteiger partial charge in [-0.15, -0.1) is 23.5 Å². The largest absolute Gasteiger partial charge is 0.380 e. The van der Waals surface area contributed by atoms with Crippen molar-refractivity contribution in [2.24, 2.45) is 0 Å². The van der Waals surface area contributed by atoms with E-state index in [1.54, 1.807) is 0 Å². The number of halogens is 2. The highest BCUT2D eigenvalue weighted by Crippen LogP contribution is 2.42. The molecule has 1 aromatic carbocycles. The van der Waals surface area contributed by atoms with Crippen LogP contribution in [0, 0.1) is 17.0 Å². The lowest BCUT2D eigenvalue weighted by Crippen LogP contribution is -2.03. The van der Waals surface area contributed by atoms with Crippen molar-refractivity contribution >= 4 is 58.5 Å². The first-order valence-electron chi connectivity index (χ1n) is 7.01. The van der Waals surface area contributed by atoms with Crippen molar-refractivity contribution in [3.63, 3.8) is 0 Å². The maximum Gasteiger partial charge on any atom is 0.310 e. The van der Waals surface area contributed by atoms with Gasteiger partial charge in [-0.2, -0.15) is 0 Å². The van der Waals surface area contributed by atoms with Crippen molar-refractivity contribution in [1.29, 1.82) is 0 Å². The molecule has 130 valence electrons. The van der Waals surface area contributed by atoms with Crippen LogP contribution in [0.3, 0.4) is 0 Å². The molecule has 0 bridgehead atoms. The number of aryl methyl sites for hydroxylation is 1. The SMILES string of the molecule is Cc1ccc(S/C2=C([N+](=O)[O-])/C(Cl)=C(\Cl)SCCOCCS2)cc1. The van der Waals surface area contributed by atoms with Gasteiger partial charge < -0.3 is 4.74 Å². The maximum atomic E-state index is 11.6. The van der Waals surface area contributed by atoms with Crippen molar-refractivity contribution in [3.05, 3.63) is 59.3 Å². The zero-order valence-electron chi connectivity index (χ0n) is 12.8. The fourth-order valence-corrected chi connectivity index (χ4v) is 5.34. The Bertz CT molecular complexity index is 662. The van der Waals surface area contributed by atoms with E-state index in [1.165, 1.54) is 35.3 Å². The van der Waals surface area contributed by atoms with Crippen molar-refractivity contribution < 1.29 is 9.66 Å². The van der Waals surface area contributed by atoms with E-state index in [2.05, 4.69) is 0 Å². The molecule has 0 spiro atoms. The molecule has 0 saturated heterocycles. The average Bonchev–Trinajstić information content (AvgIpc) is 2.57. The molecular weight excluding hydrogens is 409 g/mol. The highest BCUT2D eigenvalue weighted by atomic mass is 35.5. The van der Waals surface area contributed by atoms with Crippen molar-refractivity contribution in [2.75, 3.05) is 24.7 Å². The molecule has 2 rings (SSSR count). The fraction of sp³-hybridized carbons (Fsp3) is 0.333. The summed E-state index contributed by atoms with van der Waals surface area (Å²) in [6, 6.07) is 7.80. The highest BCUT2D eigenvalue weighted by molar-refractivity contribution is 8.22. The first-order chi connectivity index (χ1) is 11.5. The van der Waals surface area contributed by atoms with Gasteiger partial charge in [0.05, 0.1) is 22.5 Å². The number of hydrogen-bond donors (Lipinski definition) is 0. The highest BCUT2D eigenvalue weighted by Gasteiger charge is 2.27. The van der Waals surface area contributed by atoms with Crippen LogP contribution < -0.4 is 0 Å². The Morgan fingerprint density at radius 3 is 2.42 bits per heavy atom. The number of ether oxygens (including phenoxy) is 1. The van der Waals surface area contributed by atoms with Crippen LogP contribution >= 0.6 is 58.5 Å². The summed E-state index contributed by atoms with van der Waals surface area (Å²) < 4.78 is 6.22. The van der Waals surface area contributed by atoms with Crippen LogP contribution in [0.1, 0.15) is 5.56 Å². The minimum atomic E-state index is -0.465. The number of rotatable bonds is 3. The van der Waals surface area contributed by atoms with E-state index in [4.69, 9.17) is 27.9 Å². The first kappa shape index (κ1) is 20.0. The van der Waals surface area contributed by atoms with Gasteiger partial charge in [0.15, 0.2) is 0 Å². The third-order valence-electron chi connectivity index (χ3n) is 2.91. The molecule has 1 aromatic rings. The van der Waals surface area contributed by atoms with E-state index in [9.17, 15) is 10.1 Å². The van der Waals surface area contributed by atoms with E-state index in [1.807, 2.05) is 31.2 Å². The molecule has 0 aliphatic carbocycles. The summed E-state index contributed by atoms with van der Waals surface area (Å²) in [7, 11) is 0. The standard InChI is InChI=1S/C15H15Cl2NO3S3/c1-10-2-4-11(5-3-10)24-15-13(18(19)20)12(16)14(17)22-8-6-21-7-9-23-15/h2-5H,6-9H2,1H3/b14-12-,15-13-. The number of allylic oxidation sites excluding steroid dienone is 1. The van der Waals surface area contributed by atoms with Crippen molar-refractivity contribution in [3.8, 4) is 0 Å². The molecule has 0 N–H and O–H groups in total. The predicted octanol–water partition coefficient (Wildman–Crippen LogP) is 5.68. The van der Waals surface area contributed by atoms with Gasteiger partial charge in [0.25, 0.3) is 0 Å². The Hall–Kier alpha value is -0.310. The van der Waals surface area contributed by atoms with Gasteiger partial charge >= 0.3 is 5.70 Å². The number of benzene rings is 1. The molecule has 4 nitrogen and oxygen atoms in total. The van der Waals surface area contributed by atoms with Crippen molar-refractivity contribution in [1.82, 2.24) is 0 Å². The Labute approximate surface area is 163 Å². The average molecular weight is 424 g/mol. The Morgan fingerprint density at radius 2 is 1.79 bits per heavy atom. The fourth-order valence-electron chi connectivity index (χ4n) is 1.75. The summed E-state index contributed by atoms with van der Waals surface area (Å²) in [4.78, 5) is 12.1. The van der Waals surface area contributed by atoms with Gasteiger partial charge in [0.2, 0.25) is 0 Å². The van der Waals surface area contributed by atoms with Crippen LogP contribution in [0.25, 0.3) is 0 Å². The minimum Gasteiger partial charge on any atom is -0.380 e. The van der Waals surface area contributed by atoms with Crippen LogP contribution in [-0.4, -0.2) is 29.6 Å². The Balaban J connectivity index is 2.43. The Kier molecular flexibility index (Phi) is 8.33. The lowest BCUT2D eigenvalue weighted by molar-refractivity contribution is -0.419. The van der Waals surface area contributed by atoms with E-state index in [-0.39, 0.29) is 15.1 Å². The molecule has 9 heteroatoms. The molecule has 1 aliphatic heterocycles. The third kappa shape index (κ3) is 5.89. The summed E-state index contributed by atoms with van der Waals surface area (Å²) in [5, 5.41) is 11.6. The predicted molar refractivity (Wildman–Crippen MR) is 106 cm³/mol. The zero-order valence-corrected chi connectivity index (χ0v) is 16.8. The van der Waals surface area contributed by atoms with E-state index in [0.717, 1.165) is 10.5 Å². The quantitative estimate of drug-likeness (QED) is 0.460. The second-order valence-corrected chi connectivity index (χ2v) is 9.24. The molecule has 0 amide bonds. The molecule has 24 heavy (non-hydrogen) atoms. The number of thioether (sulfide) groups is 3. The van der Waals surface area contributed by atoms with Crippen LogP contribution in [-0.2, 0) is 4.74 Å². The summed E-state index contributed by atoms with van der Waals surface area (Å²) in [6.07, 6.45) is 0. The topological polar surface area (TPSA) is 52.4 Å². The van der Waals surface area contributed by atoms with E-state index >= 15 is 0 Å². The van der Waals surface area contributed by atoms with Gasteiger partial charge in [-0.3, -0.25) is 10.1 Å². The zero-order chi connectivity index (χ0) is 17.5. The number of nitrogens with zero attached hydrogens (tertiary/aromatic N) is 1. The normalized spacial score (nSPS) is 23.6. The molecule has 1 aliphatic rings. The first-order valence-corrected chi connectivity index (χ1v) is 10.6. The molecule has 0 unspecified atom stereocenters. The van der Waals surface area contributed by atoms with Gasteiger partial charge in [-0.25, -0.2) is 0 Å². The summed E-state index contributed by atoms with van der Waals surface area (Å²) in [5.74, 6) is 1.21. The van der Waals surface area contributed by atoms with Crippen LogP contribution in [0.4, 0.5) is 0 Å². The lowest BCUT2D eigenvalue weighted by Gasteiger charge is -2.09. The smallest absolute Gasteiger partial charge is 0.310 e. The summed E-state index contributed by atoms with van der Waals surface area (Å²) in [5.41, 5.74) is 0.982. The van der Waals surface area contributed by atoms with E-state index in [0.29, 0.717) is 29.0 Å². The Morgan fingerprint density at radius 1 is 1.17 bits per heavy atom. The number of nitro groups is 1. The molecule has 0 atom stereocenters. The third-order valence-corrected chi connectivity index (χ3v) is 7.14. The summed E-state index contributed by atoms with van der Waals surface area (Å²) in [6.45, 7) is 3.04. The van der Waals surface area contributed by atoms with E-state index < -0.39 is 4.92 Å². The molecule has 0 saturated carbocycles. The van der Waals surface area contributed by atoms with Crippen LogP contribution in [0.5, 0.6) is 0 Å². The minimum absolute atomic E-state index is 0.0179.